The number of carbonyl (C=O) groups is 1. The maximum atomic E-state index is 11.1. The topological polar surface area (TPSA) is 50.4 Å². The van der Waals surface area contributed by atoms with E-state index in [1.165, 1.54) is 7.11 Å². The van der Waals surface area contributed by atoms with Crippen LogP contribution >= 0.6 is 12.4 Å². The van der Waals surface area contributed by atoms with E-state index in [0.29, 0.717) is 0 Å². The average Bonchev–Trinajstić information content (AvgIpc) is 2.04. The van der Waals surface area contributed by atoms with Gasteiger partial charge in [0.25, 0.3) is 0 Å². The summed E-state index contributed by atoms with van der Waals surface area (Å²) < 4.78 is 4.63. The number of esters is 1. The van der Waals surface area contributed by atoms with Crippen molar-refractivity contribution < 1.29 is 9.53 Å². The van der Waals surface area contributed by atoms with Gasteiger partial charge >= 0.3 is 5.97 Å². The standard InChI is InChI=1S/C7H14N2O2.ClH/c1-7(6(10)11-2)8-4-3-5-9-7;/h8-9H,3-5H2,1-2H3;1H. The largest absolute Gasteiger partial charge is 0.467 e. The zero-order chi connectivity index (χ0) is 8.32. The Hall–Kier alpha value is -0.320. The monoisotopic (exact) mass is 194 g/mol. The minimum Gasteiger partial charge on any atom is -0.467 e. The molecule has 5 heteroatoms. The average molecular weight is 195 g/mol. The number of nitrogens with one attached hydrogen (secondary N) is 2. The van der Waals surface area contributed by atoms with Gasteiger partial charge in [-0.2, -0.15) is 0 Å². The van der Waals surface area contributed by atoms with Crippen LogP contribution in [0.25, 0.3) is 0 Å². The number of ether oxygens (including phenoxy) is 1. The molecule has 0 atom stereocenters. The lowest BCUT2D eigenvalue weighted by molar-refractivity contribution is -0.150. The third kappa shape index (κ3) is 2.33. The molecule has 0 aromatic rings. The molecule has 72 valence electrons. The second-order valence-corrected chi connectivity index (χ2v) is 2.82. The highest BCUT2D eigenvalue weighted by Gasteiger charge is 2.34. The molecular weight excluding hydrogens is 180 g/mol. The summed E-state index contributed by atoms with van der Waals surface area (Å²) in [6.07, 6.45) is 1.05. The minimum atomic E-state index is -0.674. The lowest BCUT2D eigenvalue weighted by Gasteiger charge is -2.33. The molecule has 0 amide bonds. The van der Waals surface area contributed by atoms with Gasteiger partial charge in [0.2, 0.25) is 0 Å². The van der Waals surface area contributed by atoms with Crippen molar-refractivity contribution in [3.05, 3.63) is 0 Å². The highest BCUT2D eigenvalue weighted by molar-refractivity contribution is 5.85. The molecule has 0 aromatic heterocycles. The molecule has 1 saturated heterocycles. The number of hydrogen-bond acceptors (Lipinski definition) is 4. The highest BCUT2D eigenvalue weighted by Crippen LogP contribution is 2.05. The first-order valence-electron chi connectivity index (χ1n) is 3.77. The van der Waals surface area contributed by atoms with Crippen LogP contribution in [-0.2, 0) is 9.53 Å². The summed E-state index contributed by atoms with van der Waals surface area (Å²) in [6.45, 7) is 3.51. The van der Waals surface area contributed by atoms with Crippen LogP contribution in [0.1, 0.15) is 13.3 Å². The number of hydrogen-bond donors (Lipinski definition) is 2. The number of methoxy groups -OCH3 is 1. The Bertz CT molecular complexity index is 157. The van der Waals surface area contributed by atoms with E-state index in [1.807, 2.05) is 0 Å². The van der Waals surface area contributed by atoms with Crippen molar-refractivity contribution >= 4 is 18.4 Å². The predicted molar refractivity (Wildman–Crippen MR) is 48.3 cm³/mol. The molecule has 1 aliphatic heterocycles. The quantitative estimate of drug-likeness (QED) is 0.572. The molecule has 0 bridgehead atoms. The van der Waals surface area contributed by atoms with E-state index in [-0.39, 0.29) is 18.4 Å². The molecular formula is C7H15ClN2O2. The molecule has 0 spiro atoms. The van der Waals surface area contributed by atoms with E-state index >= 15 is 0 Å². The van der Waals surface area contributed by atoms with Crippen LogP contribution in [0.3, 0.4) is 0 Å². The summed E-state index contributed by atoms with van der Waals surface area (Å²) in [7, 11) is 1.39. The van der Waals surface area contributed by atoms with Gasteiger partial charge in [-0.3, -0.25) is 10.6 Å². The molecule has 0 saturated carbocycles. The zero-order valence-electron chi connectivity index (χ0n) is 7.35. The normalized spacial score (nSPS) is 20.8. The third-order valence-electron chi connectivity index (χ3n) is 1.90. The lowest BCUT2D eigenvalue weighted by Crippen LogP contribution is -2.64. The molecule has 12 heavy (non-hydrogen) atoms. The van der Waals surface area contributed by atoms with Gasteiger partial charge in [-0.15, -0.1) is 12.4 Å². The zero-order valence-corrected chi connectivity index (χ0v) is 8.16. The fourth-order valence-corrected chi connectivity index (χ4v) is 1.18. The van der Waals surface area contributed by atoms with E-state index in [4.69, 9.17) is 0 Å². The Balaban J connectivity index is 0.00000121. The maximum Gasteiger partial charge on any atom is 0.340 e. The Morgan fingerprint density at radius 2 is 1.92 bits per heavy atom. The van der Waals surface area contributed by atoms with Crippen molar-refractivity contribution in [1.29, 1.82) is 0 Å². The van der Waals surface area contributed by atoms with Gasteiger partial charge in [-0.05, 0) is 26.4 Å². The van der Waals surface area contributed by atoms with Crippen LogP contribution in [-0.4, -0.2) is 31.8 Å². The van der Waals surface area contributed by atoms with E-state index in [1.54, 1.807) is 6.92 Å². The summed E-state index contributed by atoms with van der Waals surface area (Å²) >= 11 is 0. The number of rotatable bonds is 1. The molecule has 0 aromatic carbocycles. The van der Waals surface area contributed by atoms with Crippen molar-refractivity contribution in [2.45, 2.75) is 19.0 Å². The molecule has 0 aliphatic carbocycles. The van der Waals surface area contributed by atoms with Crippen LogP contribution in [0.5, 0.6) is 0 Å². The SMILES string of the molecule is COC(=O)C1(C)NCCCN1.Cl. The Morgan fingerprint density at radius 3 is 2.33 bits per heavy atom. The third-order valence-corrected chi connectivity index (χ3v) is 1.90. The van der Waals surface area contributed by atoms with Gasteiger partial charge in [-0.1, -0.05) is 0 Å². The Labute approximate surface area is 78.5 Å². The second-order valence-electron chi connectivity index (χ2n) is 2.82. The van der Waals surface area contributed by atoms with Crippen LogP contribution in [0, 0.1) is 0 Å². The molecule has 1 aliphatic rings. The van der Waals surface area contributed by atoms with E-state index in [0.717, 1.165) is 19.5 Å². The minimum absolute atomic E-state index is 0. The maximum absolute atomic E-state index is 11.1. The van der Waals surface area contributed by atoms with Crippen molar-refractivity contribution in [3.8, 4) is 0 Å². The summed E-state index contributed by atoms with van der Waals surface area (Å²) in [5.41, 5.74) is -0.674. The molecule has 2 N–H and O–H groups in total. The Morgan fingerprint density at radius 1 is 1.42 bits per heavy atom. The molecule has 4 nitrogen and oxygen atoms in total. The van der Waals surface area contributed by atoms with Gasteiger partial charge < -0.3 is 4.74 Å². The van der Waals surface area contributed by atoms with Crippen LogP contribution in [0.4, 0.5) is 0 Å². The second kappa shape index (κ2) is 4.64. The van der Waals surface area contributed by atoms with Gasteiger partial charge in [0.15, 0.2) is 5.66 Å². The van der Waals surface area contributed by atoms with E-state index < -0.39 is 5.66 Å². The first kappa shape index (κ1) is 11.7. The van der Waals surface area contributed by atoms with Crippen LogP contribution in [0.15, 0.2) is 0 Å². The molecule has 0 unspecified atom stereocenters. The Kier molecular flexibility index (Phi) is 4.52. The summed E-state index contributed by atoms with van der Waals surface area (Å²) in [5, 5.41) is 6.12. The van der Waals surface area contributed by atoms with Gasteiger partial charge in [0, 0.05) is 0 Å². The van der Waals surface area contributed by atoms with Crippen molar-refractivity contribution in [3.63, 3.8) is 0 Å². The lowest BCUT2D eigenvalue weighted by atomic mass is 10.1. The van der Waals surface area contributed by atoms with Crippen LogP contribution < -0.4 is 10.6 Å². The number of halogens is 1. The van der Waals surface area contributed by atoms with Gasteiger partial charge in [0.05, 0.1) is 7.11 Å². The summed E-state index contributed by atoms with van der Waals surface area (Å²) in [4.78, 5) is 11.1. The molecule has 1 rings (SSSR count). The van der Waals surface area contributed by atoms with Crippen molar-refractivity contribution in [2.75, 3.05) is 20.2 Å². The van der Waals surface area contributed by atoms with Crippen molar-refractivity contribution in [2.24, 2.45) is 0 Å². The summed E-state index contributed by atoms with van der Waals surface area (Å²) in [5.74, 6) is -0.253. The fraction of sp³-hybridized carbons (Fsp3) is 0.857. The molecule has 0 radical (unpaired) electrons. The fourth-order valence-electron chi connectivity index (χ4n) is 1.18. The van der Waals surface area contributed by atoms with E-state index in [9.17, 15) is 4.79 Å². The van der Waals surface area contributed by atoms with Crippen LogP contribution in [0.2, 0.25) is 0 Å². The van der Waals surface area contributed by atoms with Gasteiger partial charge in [0.1, 0.15) is 0 Å². The number of carbonyl (C=O) groups excluding carboxylic acids is 1. The van der Waals surface area contributed by atoms with E-state index in [2.05, 4.69) is 15.4 Å². The highest BCUT2D eigenvalue weighted by atomic mass is 35.5. The first-order chi connectivity index (χ1) is 5.19. The van der Waals surface area contributed by atoms with Gasteiger partial charge in [-0.25, -0.2) is 4.79 Å². The smallest absolute Gasteiger partial charge is 0.340 e. The molecule has 1 fully saturated rings. The first-order valence-corrected chi connectivity index (χ1v) is 3.77. The summed E-state index contributed by atoms with van der Waals surface area (Å²) in [6, 6.07) is 0. The van der Waals surface area contributed by atoms with Crippen molar-refractivity contribution in [1.82, 2.24) is 10.6 Å². The molecule has 1 heterocycles. The predicted octanol–water partition coefficient (Wildman–Crippen LogP) is -0.120.